The molecule has 0 N–H and O–H groups in total. The van der Waals surface area contributed by atoms with Crippen LogP contribution >= 0.6 is 11.3 Å². The minimum atomic E-state index is 0.779. The van der Waals surface area contributed by atoms with Crippen molar-refractivity contribution in [1.82, 2.24) is 5.16 Å². The van der Waals surface area contributed by atoms with Gasteiger partial charge in [-0.05, 0) is 11.4 Å². The molecular formula is C7H4NOS. The topological polar surface area (TPSA) is 26.0 Å². The zero-order chi connectivity index (χ0) is 6.81. The number of hydrogen-bond acceptors (Lipinski definition) is 3. The average Bonchev–Trinajstić information content (AvgIpc) is 2.59. The van der Waals surface area contributed by atoms with Gasteiger partial charge in [-0.15, -0.1) is 11.3 Å². The Hall–Kier alpha value is -1.09. The van der Waals surface area contributed by atoms with Crippen molar-refractivity contribution in [1.29, 1.82) is 0 Å². The Morgan fingerprint density at radius 1 is 1.50 bits per heavy atom. The van der Waals surface area contributed by atoms with Crippen LogP contribution in [0.25, 0.3) is 11.3 Å². The van der Waals surface area contributed by atoms with E-state index >= 15 is 0 Å². The number of aromatic nitrogens is 1. The van der Waals surface area contributed by atoms with E-state index in [0.29, 0.717) is 0 Å². The predicted octanol–water partition coefficient (Wildman–Crippen LogP) is 2.20. The standard InChI is InChI=1S/C7H4NOS/c1-3-8-9-7(1)6-2-4-10-5-6/h1-4H. The summed E-state index contributed by atoms with van der Waals surface area (Å²) in [5, 5.41) is 8.59. The molecule has 2 nitrogen and oxygen atoms in total. The molecule has 0 aromatic carbocycles. The van der Waals surface area contributed by atoms with Gasteiger partial charge in [0.15, 0.2) is 5.76 Å². The first-order valence-electron chi connectivity index (χ1n) is 2.83. The highest BCUT2D eigenvalue weighted by Crippen LogP contribution is 2.19. The Morgan fingerprint density at radius 2 is 2.50 bits per heavy atom. The Labute approximate surface area is 62.1 Å². The molecule has 3 heteroatoms. The second-order valence-corrected chi connectivity index (χ2v) is 2.53. The number of hydrogen-bond donors (Lipinski definition) is 0. The van der Waals surface area contributed by atoms with Crippen LogP contribution in [0.4, 0.5) is 0 Å². The fourth-order valence-corrected chi connectivity index (χ4v) is 1.29. The van der Waals surface area contributed by atoms with Gasteiger partial charge in [-0.25, -0.2) is 0 Å². The lowest BCUT2D eigenvalue weighted by Gasteiger charge is -1.82. The maximum absolute atomic E-state index is 4.90. The first-order chi connectivity index (χ1) is 4.97. The molecule has 0 bridgehead atoms. The third-order valence-electron chi connectivity index (χ3n) is 1.17. The molecule has 0 saturated carbocycles. The molecule has 0 spiro atoms. The normalized spacial score (nSPS) is 10.0. The molecule has 0 aliphatic carbocycles. The maximum atomic E-state index is 4.90. The van der Waals surface area contributed by atoms with Crippen molar-refractivity contribution in [3.8, 4) is 11.3 Å². The van der Waals surface area contributed by atoms with Crippen LogP contribution in [0.3, 0.4) is 0 Å². The monoisotopic (exact) mass is 150 g/mol. The molecule has 0 fully saturated rings. The molecule has 2 aromatic rings. The van der Waals surface area contributed by atoms with Gasteiger partial charge >= 0.3 is 0 Å². The quantitative estimate of drug-likeness (QED) is 0.622. The zero-order valence-corrected chi connectivity index (χ0v) is 5.89. The first-order valence-corrected chi connectivity index (χ1v) is 3.71. The predicted molar refractivity (Wildman–Crippen MR) is 38.7 cm³/mol. The smallest absolute Gasteiger partial charge is 0.168 e. The minimum absolute atomic E-state index is 0.779. The van der Waals surface area contributed by atoms with Crippen LogP contribution in [-0.2, 0) is 0 Å². The van der Waals surface area contributed by atoms with Gasteiger partial charge in [-0.1, -0.05) is 5.16 Å². The van der Waals surface area contributed by atoms with Gasteiger partial charge in [0.25, 0.3) is 0 Å². The van der Waals surface area contributed by atoms with Crippen molar-refractivity contribution in [3.63, 3.8) is 0 Å². The van der Waals surface area contributed by atoms with E-state index in [-0.39, 0.29) is 0 Å². The van der Waals surface area contributed by atoms with Crippen molar-refractivity contribution < 1.29 is 4.52 Å². The van der Waals surface area contributed by atoms with Crippen LogP contribution in [0, 0.1) is 5.38 Å². The van der Waals surface area contributed by atoms with Crippen LogP contribution < -0.4 is 0 Å². The van der Waals surface area contributed by atoms with Crippen molar-refractivity contribution in [2.24, 2.45) is 0 Å². The number of thiophene rings is 1. The van der Waals surface area contributed by atoms with E-state index < -0.39 is 0 Å². The van der Waals surface area contributed by atoms with Crippen LogP contribution in [0.15, 0.2) is 28.2 Å². The minimum Gasteiger partial charge on any atom is -0.356 e. The van der Waals surface area contributed by atoms with Gasteiger partial charge in [-0.2, -0.15) is 0 Å². The molecule has 2 rings (SSSR count). The Morgan fingerprint density at radius 3 is 3.10 bits per heavy atom. The van der Waals surface area contributed by atoms with E-state index in [0.717, 1.165) is 11.3 Å². The molecule has 10 heavy (non-hydrogen) atoms. The van der Waals surface area contributed by atoms with E-state index in [9.17, 15) is 0 Å². The van der Waals surface area contributed by atoms with Crippen LogP contribution in [-0.4, -0.2) is 5.16 Å². The van der Waals surface area contributed by atoms with Gasteiger partial charge in [-0.3, -0.25) is 0 Å². The summed E-state index contributed by atoms with van der Waals surface area (Å²) in [6.45, 7) is 0. The summed E-state index contributed by atoms with van der Waals surface area (Å²) >= 11 is 1.53. The summed E-state index contributed by atoms with van der Waals surface area (Å²) in [6, 6.07) is 3.77. The average molecular weight is 150 g/mol. The molecule has 2 heterocycles. The number of nitrogens with zero attached hydrogens (tertiary/aromatic N) is 1. The molecule has 0 amide bonds. The summed E-state index contributed by atoms with van der Waals surface area (Å²) in [5.41, 5.74) is 0.975. The maximum Gasteiger partial charge on any atom is 0.168 e. The summed E-state index contributed by atoms with van der Waals surface area (Å²) < 4.78 is 4.90. The molecule has 0 unspecified atom stereocenters. The third-order valence-corrected chi connectivity index (χ3v) is 1.78. The fraction of sp³-hybridized carbons (Fsp3) is 0. The van der Waals surface area contributed by atoms with E-state index in [1.165, 1.54) is 11.3 Å². The zero-order valence-electron chi connectivity index (χ0n) is 5.07. The molecule has 0 saturated heterocycles. The Bertz CT molecular complexity index is 253. The van der Waals surface area contributed by atoms with Crippen molar-refractivity contribution in [3.05, 3.63) is 29.1 Å². The van der Waals surface area contributed by atoms with E-state index in [4.69, 9.17) is 4.52 Å². The van der Waals surface area contributed by atoms with Gasteiger partial charge in [0.2, 0.25) is 0 Å². The summed E-state index contributed by atoms with van der Waals surface area (Å²) in [5.74, 6) is 0.779. The summed E-state index contributed by atoms with van der Waals surface area (Å²) in [6.07, 6.45) is 1.63. The fourth-order valence-electron chi connectivity index (χ4n) is 0.721. The van der Waals surface area contributed by atoms with Crippen molar-refractivity contribution in [2.75, 3.05) is 0 Å². The van der Waals surface area contributed by atoms with Crippen molar-refractivity contribution in [2.45, 2.75) is 0 Å². The highest BCUT2D eigenvalue weighted by molar-refractivity contribution is 7.07. The molecule has 0 aliphatic heterocycles. The lowest BCUT2D eigenvalue weighted by Crippen LogP contribution is -1.62. The summed E-state index contributed by atoms with van der Waals surface area (Å²) in [4.78, 5) is 0. The molecule has 49 valence electrons. The molecule has 0 atom stereocenters. The van der Waals surface area contributed by atoms with E-state index in [1.54, 1.807) is 6.20 Å². The van der Waals surface area contributed by atoms with Gasteiger partial charge in [0, 0.05) is 11.6 Å². The second-order valence-electron chi connectivity index (χ2n) is 1.81. The Balaban J connectivity index is 2.48. The van der Waals surface area contributed by atoms with Gasteiger partial charge in [0.05, 0.1) is 11.6 Å². The highest BCUT2D eigenvalue weighted by atomic mass is 32.1. The highest BCUT2D eigenvalue weighted by Gasteiger charge is 1.99. The molecule has 1 radical (unpaired) electrons. The number of rotatable bonds is 1. The molecule has 2 aromatic heterocycles. The van der Waals surface area contributed by atoms with Crippen molar-refractivity contribution >= 4 is 11.3 Å². The third kappa shape index (κ3) is 0.844. The van der Waals surface area contributed by atoms with Crippen LogP contribution in [0.1, 0.15) is 0 Å². The van der Waals surface area contributed by atoms with Crippen LogP contribution in [0.2, 0.25) is 0 Å². The lowest BCUT2D eigenvalue weighted by molar-refractivity contribution is 0.432. The SMILES string of the molecule is [c]1sccc1-c1ccno1. The summed E-state index contributed by atoms with van der Waals surface area (Å²) in [7, 11) is 0. The van der Waals surface area contributed by atoms with Gasteiger partial charge < -0.3 is 4.52 Å². The lowest BCUT2D eigenvalue weighted by atomic mass is 10.3. The van der Waals surface area contributed by atoms with Crippen LogP contribution in [0.5, 0.6) is 0 Å². The van der Waals surface area contributed by atoms with Gasteiger partial charge in [0.1, 0.15) is 0 Å². The molecule has 0 aliphatic rings. The van der Waals surface area contributed by atoms with E-state index in [2.05, 4.69) is 10.5 Å². The Kier molecular flexibility index (Phi) is 1.29. The van der Waals surface area contributed by atoms with E-state index in [1.807, 2.05) is 17.5 Å². The largest absolute Gasteiger partial charge is 0.356 e. The second kappa shape index (κ2) is 2.27. The molecular weight excluding hydrogens is 146 g/mol. The first kappa shape index (κ1) is 5.68.